The number of ether oxygens (including phenoxy) is 1. The van der Waals surface area contributed by atoms with Crippen molar-refractivity contribution in [1.29, 1.82) is 5.26 Å². The van der Waals surface area contributed by atoms with Crippen molar-refractivity contribution in [2.45, 2.75) is 51.5 Å². The van der Waals surface area contributed by atoms with Gasteiger partial charge in [-0.15, -0.1) is 0 Å². The van der Waals surface area contributed by atoms with Crippen LogP contribution in [0.15, 0.2) is 35.2 Å². The van der Waals surface area contributed by atoms with Gasteiger partial charge >= 0.3 is 0 Å². The van der Waals surface area contributed by atoms with Crippen molar-refractivity contribution in [1.82, 2.24) is 4.31 Å². The minimum atomic E-state index is -3.53. The quantitative estimate of drug-likeness (QED) is 0.780. The highest BCUT2D eigenvalue weighted by molar-refractivity contribution is 7.89. The van der Waals surface area contributed by atoms with Crippen LogP contribution in [0.5, 0.6) is 5.75 Å². The third kappa shape index (κ3) is 3.91. The highest BCUT2D eigenvalue weighted by atomic mass is 32.2. The third-order valence-electron chi connectivity index (χ3n) is 5.58. The molecule has 28 heavy (non-hydrogen) atoms. The largest absolute Gasteiger partial charge is 0.490 e. The lowest BCUT2D eigenvalue weighted by atomic mass is 10.0. The third-order valence-corrected chi connectivity index (χ3v) is 7.76. The average Bonchev–Trinajstić information content (AvgIpc) is 2.67. The predicted molar refractivity (Wildman–Crippen MR) is 109 cm³/mol. The summed E-state index contributed by atoms with van der Waals surface area (Å²) >= 11 is 0. The molecule has 2 aromatic carbocycles. The molecule has 3 rings (SSSR count). The molecule has 1 fully saturated rings. The van der Waals surface area contributed by atoms with Crippen LogP contribution in [0.2, 0.25) is 0 Å². The van der Waals surface area contributed by atoms with E-state index in [1.165, 1.54) is 0 Å². The van der Waals surface area contributed by atoms with Gasteiger partial charge in [0.05, 0.1) is 16.5 Å². The number of nitriles is 1. The fraction of sp³-hybridized carbons (Fsp3) is 0.409. The zero-order chi connectivity index (χ0) is 20.5. The Morgan fingerprint density at radius 3 is 2.04 bits per heavy atom. The first kappa shape index (κ1) is 20.4. The van der Waals surface area contributed by atoms with Crippen LogP contribution in [0.3, 0.4) is 0 Å². The summed E-state index contributed by atoms with van der Waals surface area (Å²) in [5.41, 5.74) is 4.26. The zero-order valence-electron chi connectivity index (χ0n) is 16.8. The summed E-state index contributed by atoms with van der Waals surface area (Å²) in [6.07, 6.45) is 1.25. The van der Waals surface area contributed by atoms with E-state index in [9.17, 15) is 8.42 Å². The van der Waals surface area contributed by atoms with Crippen molar-refractivity contribution in [3.63, 3.8) is 0 Å². The summed E-state index contributed by atoms with van der Waals surface area (Å²) in [7, 11) is -3.53. The van der Waals surface area contributed by atoms with Crippen molar-refractivity contribution in [2.75, 3.05) is 13.1 Å². The number of sulfonamides is 1. The van der Waals surface area contributed by atoms with E-state index in [2.05, 4.69) is 6.07 Å². The second-order valence-electron chi connectivity index (χ2n) is 7.45. The van der Waals surface area contributed by atoms with Gasteiger partial charge in [-0.25, -0.2) is 8.42 Å². The van der Waals surface area contributed by atoms with E-state index in [-0.39, 0.29) is 6.10 Å². The summed E-state index contributed by atoms with van der Waals surface area (Å²) in [4.78, 5) is 0.455. The Morgan fingerprint density at radius 2 is 1.54 bits per heavy atom. The summed E-state index contributed by atoms with van der Waals surface area (Å²) in [5, 5.41) is 8.87. The SMILES string of the molecule is Cc1cc(C)c(C)c(S(=O)(=O)N2CCC(Oc3ccc(C#N)cc3)CC2)c1C. The first-order valence-corrected chi connectivity index (χ1v) is 10.9. The van der Waals surface area contributed by atoms with Gasteiger partial charge in [-0.3, -0.25) is 0 Å². The standard InChI is InChI=1S/C22H26N2O3S/c1-15-13-16(2)18(4)22(17(15)3)28(25,26)24-11-9-21(10-12-24)27-20-7-5-19(14-23)6-8-20/h5-8,13,21H,9-12H2,1-4H3. The fourth-order valence-corrected chi connectivity index (χ4v) is 5.73. The Labute approximate surface area is 167 Å². The Bertz CT molecular complexity index is 987. The van der Waals surface area contributed by atoms with Gasteiger partial charge in [0.1, 0.15) is 11.9 Å². The molecule has 0 amide bonds. The second kappa shape index (κ2) is 7.94. The van der Waals surface area contributed by atoms with Gasteiger partial charge in [0, 0.05) is 13.1 Å². The van der Waals surface area contributed by atoms with E-state index in [1.807, 2.05) is 33.8 Å². The summed E-state index contributed by atoms with van der Waals surface area (Å²) in [6.45, 7) is 8.56. The molecule has 1 aliphatic heterocycles. The first-order valence-electron chi connectivity index (χ1n) is 9.48. The minimum Gasteiger partial charge on any atom is -0.490 e. The summed E-state index contributed by atoms with van der Waals surface area (Å²) < 4.78 is 34.2. The molecule has 0 spiro atoms. The lowest BCUT2D eigenvalue weighted by Crippen LogP contribution is -2.42. The molecule has 0 unspecified atom stereocenters. The average molecular weight is 399 g/mol. The van der Waals surface area contributed by atoms with E-state index < -0.39 is 10.0 Å². The molecule has 1 aliphatic rings. The normalized spacial score (nSPS) is 16.0. The molecule has 1 saturated heterocycles. The van der Waals surface area contributed by atoms with Crippen LogP contribution in [0, 0.1) is 39.0 Å². The topological polar surface area (TPSA) is 70.4 Å². The van der Waals surface area contributed by atoms with Gasteiger partial charge < -0.3 is 4.74 Å². The van der Waals surface area contributed by atoms with Crippen LogP contribution in [-0.4, -0.2) is 31.9 Å². The lowest BCUT2D eigenvalue weighted by Gasteiger charge is -2.32. The second-order valence-corrected chi connectivity index (χ2v) is 9.32. The van der Waals surface area contributed by atoms with E-state index in [4.69, 9.17) is 10.00 Å². The van der Waals surface area contributed by atoms with Gasteiger partial charge in [-0.2, -0.15) is 9.57 Å². The van der Waals surface area contributed by atoms with Gasteiger partial charge in [0.2, 0.25) is 10.0 Å². The van der Waals surface area contributed by atoms with Crippen molar-refractivity contribution < 1.29 is 13.2 Å². The Balaban J connectivity index is 1.73. The molecular formula is C22H26N2O3S. The molecule has 0 bridgehead atoms. The number of rotatable bonds is 4. The number of benzene rings is 2. The summed E-state index contributed by atoms with van der Waals surface area (Å²) in [5.74, 6) is 0.710. The highest BCUT2D eigenvalue weighted by Gasteiger charge is 2.32. The molecule has 0 aromatic heterocycles. The van der Waals surface area contributed by atoms with Crippen molar-refractivity contribution in [3.05, 3.63) is 58.1 Å². The first-order chi connectivity index (χ1) is 13.2. The van der Waals surface area contributed by atoms with Gasteiger partial charge in [-0.1, -0.05) is 6.07 Å². The predicted octanol–water partition coefficient (Wildman–Crippen LogP) is 4.02. The minimum absolute atomic E-state index is 0.0270. The van der Waals surface area contributed by atoms with E-state index >= 15 is 0 Å². The molecular weight excluding hydrogens is 372 g/mol. The molecule has 0 radical (unpaired) electrons. The Morgan fingerprint density at radius 1 is 1.00 bits per heavy atom. The van der Waals surface area contributed by atoms with Crippen LogP contribution in [0.4, 0.5) is 0 Å². The van der Waals surface area contributed by atoms with Crippen LogP contribution >= 0.6 is 0 Å². The highest BCUT2D eigenvalue weighted by Crippen LogP contribution is 2.30. The number of nitrogens with zero attached hydrogens (tertiary/aromatic N) is 2. The lowest BCUT2D eigenvalue weighted by molar-refractivity contribution is 0.135. The van der Waals surface area contributed by atoms with E-state index in [0.29, 0.717) is 42.1 Å². The number of hydrogen-bond acceptors (Lipinski definition) is 4. The molecule has 0 aliphatic carbocycles. The maximum Gasteiger partial charge on any atom is 0.243 e. The Kier molecular flexibility index (Phi) is 5.78. The maximum atomic E-state index is 13.3. The monoisotopic (exact) mass is 398 g/mol. The maximum absolute atomic E-state index is 13.3. The molecule has 0 N–H and O–H groups in total. The van der Waals surface area contributed by atoms with Crippen molar-refractivity contribution >= 4 is 10.0 Å². The molecule has 5 nitrogen and oxygen atoms in total. The van der Waals surface area contributed by atoms with E-state index in [0.717, 1.165) is 22.3 Å². The van der Waals surface area contributed by atoms with Gasteiger partial charge in [0.15, 0.2) is 0 Å². The van der Waals surface area contributed by atoms with Gasteiger partial charge in [-0.05, 0) is 87.1 Å². The molecule has 0 atom stereocenters. The zero-order valence-corrected chi connectivity index (χ0v) is 17.6. The van der Waals surface area contributed by atoms with Crippen LogP contribution in [0.25, 0.3) is 0 Å². The smallest absolute Gasteiger partial charge is 0.243 e. The van der Waals surface area contributed by atoms with Crippen molar-refractivity contribution in [3.8, 4) is 11.8 Å². The fourth-order valence-electron chi connectivity index (χ4n) is 3.69. The van der Waals surface area contributed by atoms with Crippen LogP contribution < -0.4 is 4.74 Å². The Hall–Kier alpha value is -2.36. The number of piperidine rings is 1. The van der Waals surface area contributed by atoms with Gasteiger partial charge in [0.25, 0.3) is 0 Å². The number of aryl methyl sites for hydroxylation is 2. The number of hydrogen-bond donors (Lipinski definition) is 0. The summed E-state index contributed by atoms with van der Waals surface area (Å²) in [6, 6.07) is 11.1. The van der Waals surface area contributed by atoms with Crippen molar-refractivity contribution in [2.24, 2.45) is 0 Å². The molecule has 148 valence electrons. The van der Waals surface area contributed by atoms with E-state index in [1.54, 1.807) is 28.6 Å². The molecule has 2 aromatic rings. The molecule has 6 heteroatoms. The molecule has 1 heterocycles. The van der Waals surface area contributed by atoms with Crippen LogP contribution in [-0.2, 0) is 10.0 Å². The molecule has 0 saturated carbocycles. The van der Waals surface area contributed by atoms with Crippen LogP contribution in [0.1, 0.15) is 40.7 Å².